The number of nitrogens with zero attached hydrogens (tertiary/aromatic N) is 3. The molecule has 0 aliphatic carbocycles. The molecule has 3 heterocycles. The lowest BCUT2D eigenvalue weighted by Gasteiger charge is -2.36. The highest BCUT2D eigenvalue weighted by Crippen LogP contribution is 2.29. The lowest BCUT2D eigenvalue weighted by molar-refractivity contribution is -0.133. The number of amides is 4. The van der Waals surface area contributed by atoms with E-state index in [2.05, 4.69) is 26.6 Å². The average Bonchev–Trinajstić information content (AvgIpc) is 3.01. The van der Waals surface area contributed by atoms with Gasteiger partial charge in [-0.25, -0.2) is 9.78 Å². The highest BCUT2D eigenvalue weighted by atomic mass is 32.1. The lowest BCUT2D eigenvalue weighted by Crippen LogP contribution is -2.55. The van der Waals surface area contributed by atoms with Crippen LogP contribution in [-0.4, -0.2) is 60.0 Å². The minimum absolute atomic E-state index is 0.126. The van der Waals surface area contributed by atoms with Gasteiger partial charge in [-0.05, 0) is 18.6 Å². The van der Waals surface area contributed by atoms with Crippen LogP contribution >= 0.6 is 11.3 Å². The number of anilines is 1. The third-order valence-electron chi connectivity index (χ3n) is 4.66. The Kier molecular flexibility index (Phi) is 4.46. The predicted octanol–water partition coefficient (Wildman–Crippen LogP) is 0.933. The van der Waals surface area contributed by atoms with Crippen LogP contribution < -0.4 is 15.5 Å². The lowest BCUT2D eigenvalue weighted by atomic mass is 10.1. The van der Waals surface area contributed by atoms with E-state index in [0.717, 1.165) is 15.3 Å². The molecular formula is C17H19N5O3S. The quantitative estimate of drug-likeness (QED) is 0.817. The summed E-state index contributed by atoms with van der Waals surface area (Å²) in [7, 11) is 0. The summed E-state index contributed by atoms with van der Waals surface area (Å²) in [5.74, 6) is -0.475. The minimum atomic E-state index is -0.643. The number of para-hydroxylation sites is 1. The molecule has 0 spiro atoms. The molecule has 1 aromatic heterocycles. The smallest absolute Gasteiger partial charge is 0.322 e. The van der Waals surface area contributed by atoms with Crippen molar-refractivity contribution in [1.82, 2.24) is 20.5 Å². The summed E-state index contributed by atoms with van der Waals surface area (Å²) in [6.45, 7) is 2.54. The van der Waals surface area contributed by atoms with Gasteiger partial charge < -0.3 is 15.1 Å². The number of carbonyl (C=O) groups excluding carboxylic acids is 3. The van der Waals surface area contributed by atoms with Gasteiger partial charge in [0.2, 0.25) is 11.8 Å². The first-order chi connectivity index (χ1) is 12.6. The van der Waals surface area contributed by atoms with Crippen molar-refractivity contribution in [3.8, 4) is 0 Å². The van der Waals surface area contributed by atoms with Crippen LogP contribution in [-0.2, 0) is 9.59 Å². The van der Waals surface area contributed by atoms with Gasteiger partial charge in [-0.1, -0.05) is 23.5 Å². The van der Waals surface area contributed by atoms with E-state index in [1.54, 1.807) is 16.2 Å². The number of piperazine rings is 1. The first kappa shape index (κ1) is 16.8. The van der Waals surface area contributed by atoms with Crippen molar-refractivity contribution < 1.29 is 14.4 Å². The van der Waals surface area contributed by atoms with Crippen LogP contribution in [0.4, 0.5) is 9.93 Å². The Bertz CT molecular complexity index is 826. The summed E-state index contributed by atoms with van der Waals surface area (Å²) >= 11 is 1.65. The molecule has 136 valence electrons. The second-order valence-corrected chi connectivity index (χ2v) is 7.40. The zero-order valence-corrected chi connectivity index (χ0v) is 14.9. The molecule has 2 aliphatic heterocycles. The predicted molar refractivity (Wildman–Crippen MR) is 98.1 cm³/mol. The zero-order chi connectivity index (χ0) is 18.1. The summed E-state index contributed by atoms with van der Waals surface area (Å²) in [6, 6.07) is 6.79. The minimum Gasteiger partial charge on any atom is -0.345 e. The maximum absolute atomic E-state index is 12.7. The van der Waals surface area contributed by atoms with Crippen molar-refractivity contribution in [2.24, 2.45) is 0 Å². The molecule has 0 saturated carbocycles. The number of nitrogens with one attached hydrogen (secondary N) is 2. The van der Waals surface area contributed by atoms with Gasteiger partial charge in [0.05, 0.1) is 10.2 Å². The summed E-state index contributed by atoms with van der Waals surface area (Å²) < 4.78 is 1.15. The van der Waals surface area contributed by atoms with Crippen LogP contribution in [0, 0.1) is 0 Å². The van der Waals surface area contributed by atoms with E-state index in [1.165, 1.54) is 0 Å². The molecule has 1 aromatic carbocycles. The van der Waals surface area contributed by atoms with E-state index in [1.807, 2.05) is 18.2 Å². The summed E-state index contributed by atoms with van der Waals surface area (Å²) in [5.41, 5.74) is 0.990. The Balaban J connectivity index is 1.39. The molecule has 2 N–H and O–H groups in total. The average molecular weight is 373 g/mol. The van der Waals surface area contributed by atoms with Gasteiger partial charge >= 0.3 is 6.03 Å². The first-order valence-corrected chi connectivity index (χ1v) is 9.41. The molecule has 0 bridgehead atoms. The number of carbonyl (C=O) groups is 3. The van der Waals surface area contributed by atoms with E-state index in [0.29, 0.717) is 32.6 Å². The highest BCUT2D eigenvalue weighted by Gasteiger charge is 2.31. The van der Waals surface area contributed by atoms with Crippen LogP contribution in [0.15, 0.2) is 24.3 Å². The monoisotopic (exact) mass is 373 g/mol. The van der Waals surface area contributed by atoms with Crippen LogP contribution in [0.5, 0.6) is 0 Å². The fourth-order valence-corrected chi connectivity index (χ4v) is 4.27. The van der Waals surface area contributed by atoms with E-state index in [4.69, 9.17) is 0 Å². The summed E-state index contributed by atoms with van der Waals surface area (Å²) in [4.78, 5) is 44.3. The van der Waals surface area contributed by atoms with Gasteiger partial charge in [0, 0.05) is 32.6 Å². The number of urea groups is 1. The Morgan fingerprint density at radius 1 is 1.15 bits per heavy atom. The van der Waals surface area contributed by atoms with Gasteiger partial charge in [0.25, 0.3) is 0 Å². The molecule has 8 nitrogen and oxygen atoms in total. The van der Waals surface area contributed by atoms with Crippen molar-refractivity contribution in [3.05, 3.63) is 24.3 Å². The molecule has 0 unspecified atom stereocenters. The Hall–Kier alpha value is -2.68. The number of hydrogen-bond acceptors (Lipinski definition) is 6. The van der Waals surface area contributed by atoms with Crippen LogP contribution in [0.3, 0.4) is 0 Å². The van der Waals surface area contributed by atoms with Crippen molar-refractivity contribution in [2.45, 2.75) is 18.9 Å². The van der Waals surface area contributed by atoms with Crippen LogP contribution in [0.1, 0.15) is 12.8 Å². The number of thiazole rings is 1. The fraction of sp³-hybridized carbons (Fsp3) is 0.412. The number of aromatic nitrogens is 1. The highest BCUT2D eigenvalue weighted by molar-refractivity contribution is 7.22. The fourth-order valence-electron chi connectivity index (χ4n) is 3.25. The Labute approximate surface area is 154 Å². The maximum atomic E-state index is 12.7. The van der Waals surface area contributed by atoms with Gasteiger partial charge in [-0.15, -0.1) is 0 Å². The molecule has 4 rings (SSSR count). The first-order valence-electron chi connectivity index (χ1n) is 8.60. The third kappa shape index (κ3) is 3.34. The van der Waals surface area contributed by atoms with Crippen LogP contribution in [0.2, 0.25) is 0 Å². The topological polar surface area (TPSA) is 94.6 Å². The van der Waals surface area contributed by atoms with Gasteiger partial charge in [0.1, 0.15) is 6.04 Å². The molecule has 2 aliphatic rings. The second-order valence-electron chi connectivity index (χ2n) is 6.39. The Morgan fingerprint density at radius 3 is 2.69 bits per heavy atom. The van der Waals surface area contributed by atoms with E-state index < -0.39 is 12.1 Å². The molecule has 9 heteroatoms. The van der Waals surface area contributed by atoms with E-state index in [9.17, 15) is 14.4 Å². The molecule has 2 aromatic rings. The largest absolute Gasteiger partial charge is 0.345 e. The number of rotatable bonds is 2. The molecule has 1 atom stereocenters. The van der Waals surface area contributed by atoms with Gasteiger partial charge in [-0.2, -0.15) is 0 Å². The van der Waals surface area contributed by atoms with E-state index in [-0.39, 0.29) is 18.2 Å². The standard InChI is InChI=1S/C17H19N5O3S/c23-14-6-5-12(18-16(25)20-14)15(24)21-7-9-22(10-8-21)17-19-11-3-1-2-4-13(11)26-17/h1-4,12H,5-10H2,(H2,18,20,23,25)/t12-/m1/s1. The second kappa shape index (κ2) is 6.91. The maximum Gasteiger partial charge on any atom is 0.322 e. The molecule has 26 heavy (non-hydrogen) atoms. The molecule has 2 fully saturated rings. The zero-order valence-electron chi connectivity index (χ0n) is 14.1. The number of benzene rings is 1. The van der Waals surface area contributed by atoms with Crippen LogP contribution in [0.25, 0.3) is 10.2 Å². The van der Waals surface area contributed by atoms with Crippen molar-refractivity contribution >= 4 is 44.5 Å². The van der Waals surface area contributed by atoms with E-state index >= 15 is 0 Å². The number of hydrogen-bond donors (Lipinski definition) is 2. The van der Waals surface area contributed by atoms with Gasteiger partial charge in [-0.3, -0.25) is 14.9 Å². The van der Waals surface area contributed by atoms with Crippen molar-refractivity contribution in [2.75, 3.05) is 31.1 Å². The van der Waals surface area contributed by atoms with Crippen molar-refractivity contribution in [1.29, 1.82) is 0 Å². The molecular weight excluding hydrogens is 354 g/mol. The normalized spacial score (nSPS) is 21.3. The molecule has 2 saturated heterocycles. The number of imide groups is 1. The summed E-state index contributed by atoms with van der Waals surface area (Å²) in [6.07, 6.45) is 0.495. The third-order valence-corrected chi connectivity index (χ3v) is 5.76. The Morgan fingerprint density at radius 2 is 1.92 bits per heavy atom. The summed E-state index contributed by atoms with van der Waals surface area (Å²) in [5, 5.41) is 5.75. The molecule has 4 amide bonds. The number of fused-ring (bicyclic) bond motifs is 1. The molecule has 0 radical (unpaired) electrons. The van der Waals surface area contributed by atoms with Gasteiger partial charge in [0.15, 0.2) is 5.13 Å². The van der Waals surface area contributed by atoms with Crippen molar-refractivity contribution in [3.63, 3.8) is 0 Å². The SMILES string of the molecule is O=C1CC[C@H](C(=O)N2CCN(c3nc4ccccc4s3)CC2)NC(=O)N1.